The zero-order chi connectivity index (χ0) is 39.4. The number of thioether (sulfide) groups is 1. The summed E-state index contributed by atoms with van der Waals surface area (Å²) in [5, 5.41) is 25.8. The largest absolute Gasteiger partial charge is 0.481 e. The van der Waals surface area contributed by atoms with Gasteiger partial charge in [0.2, 0.25) is 0 Å². The number of hydrogen-bond donors (Lipinski definition) is 3. The van der Waals surface area contributed by atoms with Gasteiger partial charge in [0.25, 0.3) is 0 Å². The third-order valence-electron chi connectivity index (χ3n) is 12.1. The molecule has 300 valence electrons. The van der Waals surface area contributed by atoms with Gasteiger partial charge in [0.05, 0.1) is 23.2 Å². The zero-order valence-electron chi connectivity index (χ0n) is 33.7. The van der Waals surface area contributed by atoms with Crippen LogP contribution in [-0.2, 0) is 16.8 Å². The fourth-order valence-electron chi connectivity index (χ4n) is 8.63. The van der Waals surface area contributed by atoms with E-state index in [2.05, 4.69) is 47.8 Å². The van der Waals surface area contributed by atoms with Crippen LogP contribution in [0.2, 0.25) is 5.02 Å². The van der Waals surface area contributed by atoms with E-state index in [-0.39, 0.29) is 17.1 Å². The summed E-state index contributed by atoms with van der Waals surface area (Å²) in [5.41, 5.74) is 5.15. The standard InChI is InChI=1S/C35H36ClNO3S.C14H27N/c1-34(2,40)30-9-4-3-7-25(30)13-17-32(41-23-35(18-19-35)22-33(38)39)27-8-5-6-24(20-27)10-15-29-16-12-26-11-14-28(36)21-31(26)37-29;1-3-7-13(8-4-1)11-15-12-14-9-5-2-6-10-14/h3-12,14-16,20-21,32,40H,13,17-19,22-23H2,1-2H3,(H,38,39);13-15H,1-12H2/b15-10+;/t32-;/m1./s1. The molecule has 0 spiro atoms. The first kappa shape index (κ1) is 42.4. The maximum atomic E-state index is 11.5. The maximum absolute atomic E-state index is 11.5. The molecule has 0 unspecified atom stereocenters. The van der Waals surface area contributed by atoms with E-state index in [0.717, 1.165) is 76.6 Å². The number of fused-ring (bicyclic) bond motifs is 1. The monoisotopic (exact) mass is 794 g/mol. The van der Waals surface area contributed by atoms with Crippen molar-refractivity contribution < 1.29 is 15.0 Å². The average molecular weight is 796 g/mol. The van der Waals surface area contributed by atoms with Crippen LogP contribution in [0, 0.1) is 17.3 Å². The second-order valence-corrected chi connectivity index (χ2v) is 19.0. The molecule has 1 aromatic heterocycles. The first-order valence-corrected chi connectivity index (χ1v) is 22.7. The van der Waals surface area contributed by atoms with Crippen LogP contribution in [-0.4, -0.2) is 40.0 Å². The lowest BCUT2D eigenvalue weighted by Gasteiger charge is -2.25. The number of rotatable bonds is 16. The predicted molar refractivity (Wildman–Crippen MR) is 237 cm³/mol. The van der Waals surface area contributed by atoms with Crippen molar-refractivity contribution in [2.75, 3.05) is 18.8 Å². The number of nitrogens with one attached hydrogen (secondary N) is 1. The van der Waals surface area contributed by atoms with E-state index in [1.165, 1.54) is 82.9 Å². The second kappa shape index (κ2) is 20.5. The number of benzene rings is 3. The van der Waals surface area contributed by atoms with E-state index in [9.17, 15) is 15.0 Å². The summed E-state index contributed by atoms with van der Waals surface area (Å²) in [4.78, 5) is 16.2. The molecule has 7 rings (SSSR count). The quantitative estimate of drug-likeness (QED) is 0.105. The number of carboxylic acids is 1. The smallest absolute Gasteiger partial charge is 0.303 e. The lowest BCUT2D eigenvalue weighted by molar-refractivity contribution is -0.138. The van der Waals surface area contributed by atoms with Crippen molar-refractivity contribution >= 4 is 52.4 Å². The molecule has 3 aliphatic rings. The molecular formula is C49H63ClN2O3S. The summed E-state index contributed by atoms with van der Waals surface area (Å²) in [6.07, 6.45) is 22.9. The van der Waals surface area contributed by atoms with Crippen molar-refractivity contribution in [2.24, 2.45) is 17.3 Å². The molecule has 0 radical (unpaired) electrons. The van der Waals surface area contributed by atoms with E-state index < -0.39 is 11.6 Å². The SMILES string of the molecule is C1CCC(CNCC2CCCCC2)CC1.CC(C)(O)c1ccccc1CC[C@@H](SCC1(CC(=O)O)CC1)c1cccc(/C=C/c2ccc3ccc(Cl)cc3n2)c1. The molecule has 56 heavy (non-hydrogen) atoms. The molecule has 0 saturated heterocycles. The summed E-state index contributed by atoms with van der Waals surface area (Å²) in [6, 6.07) is 26.5. The highest BCUT2D eigenvalue weighted by molar-refractivity contribution is 7.99. The van der Waals surface area contributed by atoms with Crippen molar-refractivity contribution in [1.29, 1.82) is 0 Å². The van der Waals surface area contributed by atoms with Crippen LogP contribution < -0.4 is 5.32 Å². The minimum atomic E-state index is -0.911. The Hall–Kier alpha value is -3.16. The number of aliphatic hydroxyl groups is 1. The Morgan fingerprint density at radius 2 is 1.57 bits per heavy atom. The van der Waals surface area contributed by atoms with E-state index in [1.807, 2.05) is 74.1 Å². The van der Waals surface area contributed by atoms with Gasteiger partial charge in [-0.25, -0.2) is 4.98 Å². The van der Waals surface area contributed by atoms with Gasteiger partial charge in [0.15, 0.2) is 0 Å². The van der Waals surface area contributed by atoms with Gasteiger partial charge in [0.1, 0.15) is 0 Å². The second-order valence-electron chi connectivity index (χ2n) is 17.4. The van der Waals surface area contributed by atoms with Crippen molar-refractivity contribution in [3.8, 4) is 0 Å². The molecule has 5 nitrogen and oxygen atoms in total. The summed E-state index contributed by atoms with van der Waals surface area (Å²) in [7, 11) is 0. The van der Waals surface area contributed by atoms with Gasteiger partial charge in [-0.15, -0.1) is 0 Å². The first-order valence-electron chi connectivity index (χ1n) is 21.2. The Morgan fingerprint density at radius 3 is 2.23 bits per heavy atom. The van der Waals surface area contributed by atoms with Crippen LogP contribution >= 0.6 is 23.4 Å². The van der Waals surface area contributed by atoms with Crippen LogP contribution in [0.15, 0.2) is 78.9 Å². The number of aliphatic carboxylic acids is 1. The predicted octanol–water partition coefficient (Wildman–Crippen LogP) is 12.7. The van der Waals surface area contributed by atoms with Crippen LogP contribution in [0.25, 0.3) is 23.1 Å². The summed E-state index contributed by atoms with van der Waals surface area (Å²) in [6.45, 7) is 6.26. The van der Waals surface area contributed by atoms with Gasteiger partial charge in [-0.3, -0.25) is 4.79 Å². The summed E-state index contributed by atoms with van der Waals surface area (Å²) < 4.78 is 0. The van der Waals surface area contributed by atoms with Gasteiger partial charge >= 0.3 is 5.97 Å². The van der Waals surface area contributed by atoms with Gasteiger partial charge < -0.3 is 15.5 Å². The molecular weight excluding hydrogens is 732 g/mol. The van der Waals surface area contributed by atoms with E-state index >= 15 is 0 Å². The highest BCUT2D eigenvalue weighted by Gasteiger charge is 2.44. The lowest BCUT2D eigenvalue weighted by atomic mass is 9.87. The molecule has 1 atom stereocenters. The normalized spacial score (nSPS) is 18.1. The molecule has 0 bridgehead atoms. The Balaban J connectivity index is 0.000000295. The third-order valence-corrected chi connectivity index (χ3v) is 14.1. The highest BCUT2D eigenvalue weighted by Crippen LogP contribution is 2.53. The molecule has 3 fully saturated rings. The van der Waals surface area contributed by atoms with Gasteiger partial charge in [-0.1, -0.05) is 117 Å². The third kappa shape index (κ3) is 13.2. The molecule has 3 aromatic carbocycles. The Labute approximate surface area is 345 Å². The zero-order valence-corrected chi connectivity index (χ0v) is 35.2. The molecule has 1 heterocycles. The molecule has 7 heteroatoms. The summed E-state index contributed by atoms with van der Waals surface area (Å²) in [5.74, 6) is 2.13. The molecule has 3 N–H and O–H groups in total. The Kier molecular flexibility index (Phi) is 15.5. The number of hydrogen-bond acceptors (Lipinski definition) is 5. The summed E-state index contributed by atoms with van der Waals surface area (Å²) >= 11 is 8.04. The van der Waals surface area contributed by atoms with Crippen LogP contribution in [0.4, 0.5) is 0 Å². The number of nitrogens with zero attached hydrogens (tertiary/aromatic N) is 1. The fourth-order valence-corrected chi connectivity index (χ4v) is 10.4. The lowest BCUT2D eigenvalue weighted by Crippen LogP contribution is -2.30. The molecule has 4 aromatic rings. The van der Waals surface area contributed by atoms with Crippen molar-refractivity contribution in [1.82, 2.24) is 10.3 Å². The van der Waals surface area contributed by atoms with Crippen LogP contribution in [0.5, 0.6) is 0 Å². The molecule has 0 aliphatic heterocycles. The topological polar surface area (TPSA) is 82.5 Å². The average Bonchev–Trinajstić information content (AvgIpc) is 3.96. The van der Waals surface area contributed by atoms with E-state index in [1.54, 1.807) is 0 Å². The van der Waals surface area contributed by atoms with Crippen LogP contribution in [0.1, 0.15) is 137 Å². The van der Waals surface area contributed by atoms with Crippen molar-refractivity contribution in [3.63, 3.8) is 0 Å². The number of aromatic nitrogens is 1. The number of pyridine rings is 1. The number of carbonyl (C=O) groups is 1. The molecule has 3 saturated carbocycles. The van der Waals surface area contributed by atoms with Gasteiger partial charge in [-0.2, -0.15) is 11.8 Å². The van der Waals surface area contributed by atoms with E-state index in [0.29, 0.717) is 5.02 Å². The maximum Gasteiger partial charge on any atom is 0.303 e. The highest BCUT2D eigenvalue weighted by atomic mass is 35.5. The van der Waals surface area contributed by atoms with Crippen molar-refractivity contribution in [3.05, 3.63) is 112 Å². The molecule has 3 aliphatic carbocycles. The Bertz CT molecular complexity index is 1870. The Morgan fingerprint density at radius 1 is 0.893 bits per heavy atom. The number of halogens is 1. The van der Waals surface area contributed by atoms with Crippen molar-refractivity contribution in [2.45, 2.75) is 121 Å². The number of aryl methyl sites for hydroxylation is 1. The first-order chi connectivity index (χ1) is 27.0. The van der Waals surface area contributed by atoms with Gasteiger partial charge in [0, 0.05) is 21.4 Å². The number of carboxylic acid groups (broad SMARTS) is 1. The van der Waals surface area contributed by atoms with Gasteiger partial charge in [-0.05, 0) is 142 Å². The minimum Gasteiger partial charge on any atom is -0.481 e. The molecule has 0 amide bonds. The fraction of sp³-hybridized carbons (Fsp3) is 0.510. The van der Waals surface area contributed by atoms with E-state index in [4.69, 9.17) is 16.6 Å². The van der Waals surface area contributed by atoms with Crippen LogP contribution in [0.3, 0.4) is 0 Å². The minimum absolute atomic E-state index is 0.0814.